The van der Waals surface area contributed by atoms with Crippen LogP contribution in [-0.4, -0.2) is 39.3 Å². The van der Waals surface area contributed by atoms with Crippen molar-refractivity contribution in [2.45, 2.75) is 19.9 Å². The Morgan fingerprint density at radius 2 is 2.15 bits per heavy atom. The minimum Gasteiger partial charge on any atom is -0.328 e. The molecule has 3 rings (SSSR count). The summed E-state index contributed by atoms with van der Waals surface area (Å²) >= 11 is 5.95. The number of halogens is 1. The number of hydrogen-bond acceptors (Lipinski definition) is 6. The van der Waals surface area contributed by atoms with E-state index in [-0.39, 0.29) is 5.28 Å². The van der Waals surface area contributed by atoms with Gasteiger partial charge < -0.3 is 4.57 Å². The first-order valence-corrected chi connectivity index (χ1v) is 6.44. The minimum atomic E-state index is 0.0894. The number of hydrogen-bond donors (Lipinski definition) is 0. The SMILES string of the molecule is CCCn1ccnc1-c1nc(Cl)nc(-n2cncn2)n1. The Morgan fingerprint density at radius 1 is 1.25 bits per heavy atom. The summed E-state index contributed by atoms with van der Waals surface area (Å²) in [5.74, 6) is 1.37. The van der Waals surface area contributed by atoms with Gasteiger partial charge in [0.1, 0.15) is 12.7 Å². The highest BCUT2D eigenvalue weighted by Crippen LogP contribution is 2.16. The average molecular weight is 291 g/mol. The molecule has 0 N–H and O–H groups in total. The maximum atomic E-state index is 5.95. The number of aromatic nitrogens is 8. The third-order valence-electron chi connectivity index (χ3n) is 2.60. The monoisotopic (exact) mass is 290 g/mol. The molecule has 0 unspecified atom stereocenters. The van der Waals surface area contributed by atoms with Crippen molar-refractivity contribution in [1.82, 2.24) is 39.3 Å². The summed E-state index contributed by atoms with van der Waals surface area (Å²) in [6.45, 7) is 2.92. The van der Waals surface area contributed by atoms with Gasteiger partial charge in [-0.1, -0.05) is 6.92 Å². The fourth-order valence-electron chi connectivity index (χ4n) is 1.79. The highest BCUT2D eigenvalue weighted by atomic mass is 35.5. The Balaban J connectivity index is 2.08. The van der Waals surface area contributed by atoms with Crippen LogP contribution in [0.1, 0.15) is 13.3 Å². The van der Waals surface area contributed by atoms with E-state index in [0.29, 0.717) is 17.6 Å². The number of imidazole rings is 1. The van der Waals surface area contributed by atoms with Gasteiger partial charge in [-0.15, -0.1) is 0 Å². The topological polar surface area (TPSA) is 87.2 Å². The van der Waals surface area contributed by atoms with Gasteiger partial charge in [0.2, 0.25) is 11.1 Å². The molecule has 102 valence electrons. The molecule has 0 amide bonds. The second kappa shape index (κ2) is 5.33. The first-order valence-electron chi connectivity index (χ1n) is 6.06. The van der Waals surface area contributed by atoms with Crippen LogP contribution in [0.4, 0.5) is 0 Å². The van der Waals surface area contributed by atoms with Gasteiger partial charge in [-0.25, -0.2) is 9.97 Å². The largest absolute Gasteiger partial charge is 0.328 e. The molecule has 0 aliphatic carbocycles. The molecule has 0 saturated heterocycles. The predicted octanol–water partition coefficient (Wildman–Crippen LogP) is 1.38. The van der Waals surface area contributed by atoms with Gasteiger partial charge in [0, 0.05) is 18.9 Å². The van der Waals surface area contributed by atoms with Crippen molar-refractivity contribution >= 4 is 11.6 Å². The van der Waals surface area contributed by atoms with Gasteiger partial charge in [-0.2, -0.15) is 24.7 Å². The lowest BCUT2D eigenvalue weighted by Crippen LogP contribution is -2.08. The first-order chi connectivity index (χ1) is 9.78. The molecule has 0 bridgehead atoms. The van der Waals surface area contributed by atoms with E-state index >= 15 is 0 Å². The zero-order valence-electron chi connectivity index (χ0n) is 10.7. The van der Waals surface area contributed by atoms with Crippen molar-refractivity contribution < 1.29 is 0 Å². The third-order valence-corrected chi connectivity index (χ3v) is 2.77. The maximum Gasteiger partial charge on any atom is 0.257 e. The van der Waals surface area contributed by atoms with Gasteiger partial charge in [0.15, 0.2) is 5.82 Å². The molecule has 9 heteroatoms. The van der Waals surface area contributed by atoms with E-state index in [0.717, 1.165) is 13.0 Å². The lowest BCUT2D eigenvalue weighted by molar-refractivity contribution is 0.680. The molecule has 0 radical (unpaired) electrons. The molecule has 0 atom stereocenters. The van der Waals surface area contributed by atoms with Gasteiger partial charge in [0.25, 0.3) is 5.95 Å². The summed E-state index contributed by atoms with van der Waals surface area (Å²) in [5.41, 5.74) is 0. The highest BCUT2D eigenvalue weighted by Gasteiger charge is 2.13. The summed E-state index contributed by atoms with van der Waals surface area (Å²) in [5, 5.41) is 4.07. The van der Waals surface area contributed by atoms with E-state index in [4.69, 9.17) is 11.6 Å². The van der Waals surface area contributed by atoms with E-state index in [2.05, 4.69) is 36.9 Å². The number of nitrogens with zero attached hydrogens (tertiary/aromatic N) is 8. The number of aryl methyl sites for hydroxylation is 1. The van der Waals surface area contributed by atoms with E-state index in [9.17, 15) is 0 Å². The standard InChI is InChI=1S/C11H11ClN8/c1-2-4-19-5-3-14-9(19)8-16-10(12)18-11(17-8)20-7-13-6-15-20/h3,5-7H,2,4H2,1H3. The predicted molar refractivity (Wildman–Crippen MR) is 71.3 cm³/mol. The minimum absolute atomic E-state index is 0.0894. The molecule has 0 spiro atoms. The zero-order valence-corrected chi connectivity index (χ0v) is 11.4. The van der Waals surface area contributed by atoms with Crippen LogP contribution >= 0.6 is 11.6 Å². The summed E-state index contributed by atoms with van der Waals surface area (Å²) in [6, 6.07) is 0. The van der Waals surface area contributed by atoms with Crippen LogP contribution in [0.15, 0.2) is 25.0 Å². The molecular weight excluding hydrogens is 280 g/mol. The molecule has 3 aromatic rings. The van der Waals surface area contributed by atoms with Crippen LogP contribution in [-0.2, 0) is 6.54 Å². The third kappa shape index (κ3) is 2.37. The van der Waals surface area contributed by atoms with E-state index < -0.39 is 0 Å². The fraction of sp³-hybridized carbons (Fsp3) is 0.273. The fourth-order valence-corrected chi connectivity index (χ4v) is 1.95. The molecule has 3 aromatic heterocycles. The Kier molecular flexibility index (Phi) is 3.38. The average Bonchev–Trinajstić information content (AvgIpc) is 3.09. The molecule has 0 aromatic carbocycles. The molecule has 0 saturated carbocycles. The molecule has 0 fully saturated rings. The summed E-state index contributed by atoms with van der Waals surface area (Å²) in [6.07, 6.45) is 7.46. The molecule has 3 heterocycles. The number of rotatable bonds is 4. The lowest BCUT2D eigenvalue weighted by Gasteiger charge is -2.06. The smallest absolute Gasteiger partial charge is 0.257 e. The van der Waals surface area contributed by atoms with Crippen molar-refractivity contribution in [3.05, 3.63) is 30.3 Å². The van der Waals surface area contributed by atoms with Gasteiger partial charge in [-0.3, -0.25) is 0 Å². The van der Waals surface area contributed by atoms with Crippen LogP contribution < -0.4 is 0 Å². The lowest BCUT2D eigenvalue weighted by atomic mass is 10.4. The highest BCUT2D eigenvalue weighted by molar-refractivity contribution is 6.28. The molecule has 0 aliphatic heterocycles. The van der Waals surface area contributed by atoms with E-state index in [1.54, 1.807) is 6.20 Å². The van der Waals surface area contributed by atoms with Gasteiger partial charge >= 0.3 is 0 Å². The first kappa shape index (κ1) is 12.7. The van der Waals surface area contributed by atoms with Crippen LogP contribution in [0.5, 0.6) is 0 Å². The Labute approximate surface area is 119 Å². The molecule has 8 nitrogen and oxygen atoms in total. The van der Waals surface area contributed by atoms with Crippen LogP contribution in [0.25, 0.3) is 17.6 Å². The molecular formula is C11H11ClN8. The maximum absolute atomic E-state index is 5.95. The van der Waals surface area contributed by atoms with Crippen LogP contribution in [0.2, 0.25) is 5.28 Å². The van der Waals surface area contributed by atoms with Crippen molar-refractivity contribution in [2.75, 3.05) is 0 Å². The second-order valence-corrected chi connectivity index (χ2v) is 4.35. The van der Waals surface area contributed by atoms with Crippen LogP contribution in [0.3, 0.4) is 0 Å². The van der Waals surface area contributed by atoms with Crippen molar-refractivity contribution in [1.29, 1.82) is 0 Å². The Hall–Kier alpha value is -2.35. The van der Waals surface area contributed by atoms with Crippen molar-refractivity contribution in [3.8, 4) is 17.6 Å². The van der Waals surface area contributed by atoms with Crippen molar-refractivity contribution in [3.63, 3.8) is 0 Å². The quantitative estimate of drug-likeness (QED) is 0.721. The van der Waals surface area contributed by atoms with E-state index in [1.165, 1.54) is 17.3 Å². The Bertz CT molecular complexity index is 705. The van der Waals surface area contributed by atoms with E-state index in [1.807, 2.05) is 10.8 Å². The Morgan fingerprint density at radius 3 is 2.90 bits per heavy atom. The van der Waals surface area contributed by atoms with Crippen LogP contribution in [0, 0.1) is 0 Å². The van der Waals surface area contributed by atoms with Crippen molar-refractivity contribution in [2.24, 2.45) is 0 Å². The summed E-state index contributed by atoms with van der Waals surface area (Å²) < 4.78 is 3.39. The molecule has 0 aliphatic rings. The zero-order chi connectivity index (χ0) is 13.9. The second-order valence-electron chi connectivity index (χ2n) is 4.01. The van der Waals surface area contributed by atoms with Gasteiger partial charge in [0.05, 0.1) is 0 Å². The summed E-state index contributed by atoms with van der Waals surface area (Å²) in [4.78, 5) is 20.6. The normalized spacial score (nSPS) is 10.9. The van der Waals surface area contributed by atoms with Gasteiger partial charge in [-0.05, 0) is 18.0 Å². The molecule has 20 heavy (non-hydrogen) atoms. The summed E-state index contributed by atoms with van der Waals surface area (Å²) in [7, 11) is 0.